The minimum atomic E-state index is 0.608. The summed E-state index contributed by atoms with van der Waals surface area (Å²) in [5.41, 5.74) is 9.49. The molecule has 3 rings (SSSR count). The lowest BCUT2D eigenvalue weighted by atomic mass is 10.2. The van der Waals surface area contributed by atoms with Gasteiger partial charge in [0.15, 0.2) is 0 Å². The van der Waals surface area contributed by atoms with Crippen LogP contribution in [-0.2, 0) is 12.8 Å². The predicted octanol–water partition coefficient (Wildman–Crippen LogP) is 1.14. The number of furan rings is 1. The summed E-state index contributed by atoms with van der Waals surface area (Å²) in [4.78, 5) is 8.94. The van der Waals surface area contributed by atoms with E-state index in [2.05, 4.69) is 9.97 Å². The quantitative estimate of drug-likeness (QED) is 0.675. The minimum Gasteiger partial charge on any atom is -0.468 e. The van der Waals surface area contributed by atoms with Gasteiger partial charge >= 0.3 is 0 Å². The Hall–Kier alpha value is -1.68. The van der Waals surface area contributed by atoms with Gasteiger partial charge in [-0.2, -0.15) is 0 Å². The maximum atomic E-state index is 5.48. The second-order valence-corrected chi connectivity index (χ2v) is 3.63. The highest BCUT2D eigenvalue weighted by Gasteiger charge is 2.23. The highest BCUT2D eigenvalue weighted by Crippen LogP contribution is 2.34. The van der Waals surface area contributed by atoms with Crippen LogP contribution in [0.1, 0.15) is 17.1 Å². The maximum Gasteiger partial charge on any atom is 0.119 e. The third kappa shape index (κ3) is 1.26. The normalized spacial score (nSPS) is 12.6. The molecule has 4 heteroatoms. The largest absolute Gasteiger partial charge is 0.468 e. The van der Waals surface area contributed by atoms with Crippen molar-refractivity contribution in [3.63, 3.8) is 0 Å². The molecule has 1 aliphatic carbocycles. The van der Waals surface area contributed by atoms with Crippen LogP contribution < -0.4 is 5.73 Å². The molecule has 0 atom stereocenters. The fourth-order valence-corrected chi connectivity index (χ4v) is 1.93. The van der Waals surface area contributed by atoms with Gasteiger partial charge < -0.3 is 10.2 Å². The zero-order chi connectivity index (χ0) is 10.3. The summed E-state index contributed by atoms with van der Waals surface area (Å²) in [5, 5.41) is 0. The van der Waals surface area contributed by atoms with Crippen molar-refractivity contribution in [2.24, 2.45) is 5.73 Å². The third-order valence-electron chi connectivity index (χ3n) is 2.62. The number of rotatable bonds is 2. The summed E-state index contributed by atoms with van der Waals surface area (Å²) in [5.74, 6) is 0.967. The van der Waals surface area contributed by atoms with Crippen molar-refractivity contribution in [3.05, 3.63) is 35.7 Å². The van der Waals surface area contributed by atoms with Gasteiger partial charge in [-0.05, 0) is 12.6 Å². The van der Waals surface area contributed by atoms with Crippen LogP contribution >= 0.6 is 0 Å². The molecule has 76 valence electrons. The van der Waals surface area contributed by atoms with Gasteiger partial charge in [0.1, 0.15) is 5.76 Å². The fraction of sp³-hybridized carbons (Fsp3) is 0.273. The molecule has 0 saturated carbocycles. The number of aromatic nitrogens is 2. The molecule has 0 unspecified atom stereocenters. The Morgan fingerprint density at radius 2 is 2.40 bits per heavy atom. The van der Waals surface area contributed by atoms with E-state index in [1.165, 1.54) is 0 Å². The van der Waals surface area contributed by atoms with E-state index in [-0.39, 0.29) is 0 Å². The number of hydrogen-bond donors (Lipinski definition) is 1. The van der Waals surface area contributed by atoms with Crippen LogP contribution in [0.2, 0.25) is 0 Å². The summed E-state index contributed by atoms with van der Waals surface area (Å²) >= 11 is 0. The van der Waals surface area contributed by atoms with E-state index in [1.807, 2.05) is 6.07 Å². The van der Waals surface area contributed by atoms with Crippen molar-refractivity contribution in [2.45, 2.75) is 12.8 Å². The van der Waals surface area contributed by atoms with Crippen molar-refractivity contribution >= 4 is 0 Å². The third-order valence-corrected chi connectivity index (χ3v) is 2.62. The van der Waals surface area contributed by atoms with Crippen LogP contribution in [0.4, 0.5) is 0 Å². The summed E-state index contributed by atoms with van der Waals surface area (Å²) in [6, 6.07) is 1.94. The van der Waals surface area contributed by atoms with E-state index < -0.39 is 0 Å². The van der Waals surface area contributed by atoms with Gasteiger partial charge in [0, 0.05) is 18.2 Å². The molecule has 0 fully saturated rings. The lowest BCUT2D eigenvalue weighted by Gasteiger charge is -2.01. The Morgan fingerprint density at radius 1 is 1.47 bits per heavy atom. The SMILES string of the molecule is NCCc1cnc2c(n1)Cc1occc1-2. The van der Waals surface area contributed by atoms with Gasteiger partial charge in [0.25, 0.3) is 0 Å². The van der Waals surface area contributed by atoms with Crippen molar-refractivity contribution in [2.75, 3.05) is 6.54 Å². The molecule has 0 spiro atoms. The van der Waals surface area contributed by atoms with E-state index in [0.29, 0.717) is 6.54 Å². The zero-order valence-corrected chi connectivity index (χ0v) is 8.23. The standard InChI is InChI=1S/C11H11N3O/c12-3-1-7-6-13-11-8-2-4-15-10(8)5-9(11)14-7/h2,4,6H,1,3,5,12H2. The number of fused-ring (bicyclic) bond motifs is 3. The molecule has 2 heterocycles. The molecule has 2 N–H and O–H groups in total. The highest BCUT2D eigenvalue weighted by atomic mass is 16.3. The zero-order valence-electron chi connectivity index (χ0n) is 8.23. The van der Waals surface area contributed by atoms with E-state index >= 15 is 0 Å². The van der Waals surface area contributed by atoms with Crippen LogP contribution in [0.25, 0.3) is 11.3 Å². The van der Waals surface area contributed by atoms with Crippen molar-refractivity contribution in [3.8, 4) is 11.3 Å². The van der Waals surface area contributed by atoms with E-state index in [0.717, 1.165) is 41.2 Å². The first-order valence-corrected chi connectivity index (χ1v) is 5.00. The smallest absolute Gasteiger partial charge is 0.119 e. The molecule has 15 heavy (non-hydrogen) atoms. The van der Waals surface area contributed by atoms with Crippen LogP contribution in [0.15, 0.2) is 22.9 Å². The van der Waals surface area contributed by atoms with Gasteiger partial charge in [-0.3, -0.25) is 9.97 Å². The first kappa shape index (κ1) is 8.61. The van der Waals surface area contributed by atoms with Crippen LogP contribution in [0, 0.1) is 0 Å². The Morgan fingerprint density at radius 3 is 3.27 bits per heavy atom. The monoisotopic (exact) mass is 201 g/mol. The lowest BCUT2D eigenvalue weighted by Crippen LogP contribution is -2.06. The topological polar surface area (TPSA) is 64.9 Å². The Labute approximate surface area is 87.2 Å². The molecule has 0 amide bonds. The van der Waals surface area contributed by atoms with E-state index in [4.69, 9.17) is 10.2 Å². The highest BCUT2D eigenvalue weighted by molar-refractivity contribution is 5.69. The van der Waals surface area contributed by atoms with Gasteiger partial charge in [0.05, 0.1) is 29.8 Å². The van der Waals surface area contributed by atoms with Gasteiger partial charge in [-0.15, -0.1) is 0 Å². The lowest BCUT2D eigenvalue weighted by molar-refractivity contribution is 0.524. The van der Waals surface area contributed by atoms with Gasteiger partial charge in [-0.25, -0.2) is 0 Å². The number of nitrogens with two attached hydrogens (primary N) is 1. The van der Waals surface area contributed by atoms with Crippen molar-refractivity contribution in [1.82, 2.24) is 9.97 Å². The molecule has 0 radical (unpaired) electrons. The predicted molar refractivity (Wildman–Crippen MR) is 55.3 cm³/mol. The van der Waals surface area contributed by atoms with Crippen molar-refractivity contribution < 1.29 is 4.42 Å². The Bertz CT molecular complexity index is 504. The van der Waals surface area contributed by atoms with Crippen LogP contribution in [0.5, 0.6) is 0 Å². The van der Waals surface area contributed by atoms with Gasteiger partial charge in [-0.1, -0.05) is 0 Å². The molecule has 2 aromatic rings. The summed E-state index contributed by atoms with van der Waals surface area (Å²) < 4.78 is 5.35. The first-order chi connectivity index (χ1) is 7.38. The molecule has 1 aliphatic rings. The molecular formula is C11H11N3O. The average molecular weight is 201 g/mol. The fourth-order valence-electron chi connectivity index (χ4n) is 1.93. The molecule has 0 bridgehead atoms. The summed E-state index contributed by atoms with van der Waals surface area (Å²) in [6.45, 7) is 0.608. The molecule has 4 nitrogen and oxygen atoms in total. The molecule has 0 aromatic carbocycles. The van der Waals surface area contributed by atoms with Crippen LogP contribution in [0.3, 0.4) is 0 Å². The van der Waals surface area contributed by atoms with Gasteiger partial charge in [0.2, 0.25) is 0 Å². The summed E-state index contributed by atoms with van der Waals surface area (Å²) in [6.07, 6.45) is 5.03. The average Bonchev–Trinajstić information content (AvgIpc) is 2.77. The Balaban J connectivity index is 2.06. The summed E-state index contributed by atoms with van der Waals surface area (Å²) in [7, 11) is 0. The van der Waals surface area contributed by atoms with Crippen molar-refractivity contribution in [1.29, 1.82) is 0 Å². The molecular weight excluding hydrogens is 190 g/mol. The molecule has 0 aliphatic heterocycles. The maximum absolute atomic E-state index is 5.48. The minimum absolute atomic E-state index is 0.608. The molecule has 2 aromatic heterocycles. The van der Waals surface area contributed by atoms with E-state index in [1.54, 1.807) is 12.5 Å². The molecule has 0 saturated heterocycles. The number of hydrogen-bond acceptors (Lipinski definition) is 4. The van der Waals surface area contributed by atoms with E-state index in [9.17, 15) is 0 Å². The first-order valence-electron chi connectivity index (χ1n) is 5.00. The second-order valence-electron chi connectivity index (χ2n) is 3.63. The Kier molecular flexibility index (Phi) is 1.82. The van der Waals surface area contributed by atoms with Crippen LogP contribution in [-0.4, -0.2) is 16.5 Å². The second kappa shape index (κ2) is 3.17. The number of nitrogens with zero attached hydrogens (tertiary/aromatic N) is 2.